The number of piperidine rings is 1. The summed E-state index contributed by atoms with van der Waals surface area (Å²) in [6.45, 7) is 12.0. The van der Waals surface area contributed by atoms with Gasteiger partial charge in [0.2, 0.25) is 0 Å². The summed E-state index contributed by atoms with van der Waals surface area (Å²) in [5, 5.41) is 10.7. The predicted molar refractivity (Wildman–Crippen MR) is 105 cm³/mol. The van der Waals surface area contributed by atoms with Gasteiger partial charge in [-0.25, -0.2) is 0 Å². The summed E-state index contributed by atoms with van der Waals surface area (Å²) >= 11 is 0. The number of nitrogens with zero attached hydrogens (tertiary/aromatic N) is 1. The van der Waals surface area contributed by atoms with Crippen molar-refractivity contribution in [2.75, 3.05) is 26.3 Å². The van der Waals surface area contributed by atoms with E-state index < -0.39 is 0 Å². The van der Waals surface area contributed by atoms with Gasteiger partial charge in [-0.3, -0.25) is 4.90 Å². The van der Waals surface area contributed by atoms with Gasteiger partial charge in [-0.1, -0.05) is 20.8 Å². The summed E-state index contributed by atoms with van der Waals surface area (Å²) in [7, 11) is 0. The van der Waals surface area contributed by atoms with Crippen LogP contribution in [0, 0.1) is 11.8 Å². The van der Waals surface area contributed by atoms with Crippen LogP contribution < -0.4 is 9.47 Å². The van der Waals surface area contributed by atoms with Crippen LogP contribution in [0.2, 0.25) is 0 Å². The second kappa shape index (κ2) is 8.62. The molecule has 26 heavy (non-hydrogen) atoms. The van der Waals surface area contributed by atoms with Gasteiger partial charge < -0.3 is 14.6 Å². The van der Waals surface area contributed by atoms with Crippen LogP contribution in [0.5, 0.6) is 11.5 Å². The summed E-state index contributed by atoms with van der Waals surface area (Å²) in [6, 6.07) is 4.66. The average Bonchev–Trinajstić information content (AvgIpc) is 2.60. The Balaban J connectivity index is 1.85. The molecular weight excluding hydrogens is 326 g/mol. The van der Waals surface area contributed by atoms with Gasteiger partial charge in [0.05, 0.1) is 19.3 Å². The number of aliphatic hydroxyl groups excluding tert-OH is 1. The minimum absolute atomic E-state index is 0.212. The Morgan fingerprint density at radius 3 is 2.65 bits per heavy atom. The molecule has 4 heteroatoms. The molecule has 1 fully saturated rings. The molecule has 0 radical (unpaired) electrons. The number of aliphatic hydroxyl groups is 1. The van der Waals surface area contributed by atoms with E-state index in [0.717, 1.165) is 50.3 Å². The first-order valence-corrected chi connectivity index (χ1v) is 10.4. The van der Waals surface area contributed by atoms with Crippen LogP contribution in [0.3, 0.4) is 0 Å². The zero-order valence-electron chi connectivity index (χ0n) is 16.8. The van der Waals surface area contributed by atoms with Gasteiger partial charge in [0.15, 0.2) is 11.5 Å². The third-order valence-electron chi connectivity index (χ3n) is 5.69. The third kappa shape index (κ3) is 4.17. The van der Waals surface area contributed by atoms with Crippen molar-refractivity contribution in [1.29, 1.82) is 0 Å². The maximum atomic E-state index is 10.7. The van der Waals surface area contributed by atoms with E-state index in [1.165, 1.54) is 11.1 Å². The lowest BCUT2D eigenvalue weighted by atomic mass is 9.79. The van der Waals surface area contributed by atoms with Gasteiger partial charge in [0.1, 0.15) is 0 Å². The molecule has 2 heterocycles. The standard InChI is InChI=1S/C22H35NO3/c1-5-9-26-21-11-16-7-8-23-14-17(10-15(3)4)20(24)13-19(23)18(16)12-22(21)25-6-2/h11-12,15,17,19-20,24H,5-10,13-14H2,1-4H3. The van der Waals surface area contributed by atoms with Crippen LogP contribution in [0.15, 0.2) is 12.1 Å². The molecule has 1 aromatic carbocycles. The number of ether oxygens (including phenoxy) is 2. The molecule has 0 aromatic heterocycles. The van der Waals surface area contributed by atoms with Crippen molar-refractivity contribution < 1.29 is 14.6 Å². The summed E-state index contributed by atoms with van der Waals surface area (Å²) < 4.78 is 11.8. The lowest BCUT2D eigenvalue weighted by Gasteiger charge is -2.46. The Hall–Kier alpha value is -1.26. The lowest BCUT2D eigenvalue weighted by Crippen LogP contribution is -2.48. The third-order valence-corrected chi connectivity index (χ3v) is 5.69. The molecule has 0 aliphatic carbocycles. The van der Waals surface area contributed by atoms with E-state index in [1.54, 1.807) is 0 Å². The van der Waals surface area contributed by atoms with E-state index in [1.807, 2.05) is 6.92 Å². The fourth-order valence-corrected chi connectivity index (χ4v) is 4.53. The fourth-order valence-electron chi connectivity index (χ4n) is 4.53. The van der Waals surface area contributed by atoms with Gasteiger partial charge in [-0.15, -0.1) is 0 Å². The molecule has 0 spiro atoms. The van der Waals surface area contributed by atoms with Crippen molar-refractivity contribution in [1.82, 2.24) is 4.90 Å². The lowest BCUT2D eigenvalue weighted by molar-refractivity contribution is -0.0192. The molecule has 2 aliphatic heterocycles. The fraction of sp³-hybridized carbons (Fsp3) is 0.727. The zero-order chi connectivity index (χ0) is 18.7. The van der Waals surface area contributed by atoms with Crippen molar-refractivity contribution in [3.05, 3.63) is 23.3 Å². The van der Waals surface area contributed by atoms with Gasteiger partial charge in [-0.2, -0.15) is 0 Å². The van der Waals surface area contributed by atoms with E-state index in [4.69, 9.17) is 9.47 Å². The Morgan fingerprint density at radius 1 is 1.19 bits per heavy atom. The molecule has 3 unspecified atom stereocenters. The van der Waals surface area contributed by atoms with Gasteiger partial charge >= 0.3 is 0 Å². The number of hydrogen-bond donors (Lipinski definition) is 1. The Morgan fingerprint density at radius 2 is 1.96 bits per heavy atom. The highest BCUT2D eigenvalue weighted by Crippen LogP contribution is 2.43. The van der Waals surface area contributed by atoms with Crippen LogP contribution in [0.1, 0.15) is 64.1 Å². The minimum atomic E-state index is -0.212. The van der Waals surface area contributed by atoms with Crippen molar-refractivity contribution in [3.8, 4) is 11.5 Å². The smallest absolute Gasteiger partial charge is 0.161 e. The first-order chi connectivity index (χ1) is 12.5. The average molecular weight is 362 g/mol. The molecule has 0 saturated carbocycles. The molecule has 3 atom stereocenters. The number of rotatable bonds is 7. The highest BCUT2D eigenvalue weighted by molar-refractivity contribution is 5.49. The summed E-state index contributed by atoms with van der Waals surface area (Å²) in [6.07, 6.45) is 3.75. The van der Waals surface area contributed by atoms with E-state index in [9.17, 15) is 5.11 Å². The molecule has 0 amide bonds. The second-order valence-electron chi connectivity index (χ2n) is 8.23. The zero-order valence-corrected chi connectivity index (χ0v) is 16.8. The van der Waals surface area contributed by atoms with E-state index in [0.29, 0.717) is 31.1 Å². The molecule has 4 nitrogen and oxygen atoms in total. The van der Waals surface area contributed by atoms with Gasteiger partial charge in [-0.05, 0) is 67.7 Å². The molecule has 3 rings (SSSR count). The highest BCUT2D eigenvalue weighted by Gasteiger charge is 2.38. The van der Waals surface area contributed by atoms with E-state index in [2.05, 4.69) is 37.8 Å². The Bertz CT molecular complexity index is 601. The Labute approximate surface area is 158 Å². The summed E-state index contributed by atoms with van der Waals surface area (Å²) in [5.41, 5.74) is 2.68. The number of fused-ring (bicyclic) bond motifs is 3. The van der Waals surface area contributed by atoms with Crippen molar-refractivity contribution >= 4 is 0 Å². The van der Waals surface area contributed by atoms with E-state index >= 15 is 0 Å². The maximum Gasteiger partial charge on any atom is 0.161 e. The van der Waals surface area contributed by atoms with Crippen molar-refractivity contribution in [3.63, 3.8) is 0 Å². The van der Waals surface area contributed by atoms with Gasteiger partial charge in [0.25, 0.3) is 0 Å². The molecule has 1 N–H and O–H groups in total. The molecule has 1 saturated heterocycles. The topological polar surface area (TPSA) is 41.9 Å². The van der Waals surface area contributed by atoms with Crippen molar-refractivity contribution in [2.24, 2.45) is 11.8 Å². The molecule has 146 valence electrons. The normalized spacial score (nSPS) is 25.7. The van der Waals surface area contributed by atoms with Crippen LogP contribution in [0.25, 0.3) is 0 Å². The van der Waals surface area contributed by atoms with Crippen LogP contribution in [-0.4, -0.2) is 42.4 Å². The second-order valence-corrected chi connectivity index (χ2v) is 8.23. The first-order valence-electron chi connectivity index (χ1n) is 10.4. The molecule has 0 bridgehead atoms. The number of hydrogen-bond acceptors (Lipinski definition) is 4. The van der Waals surface area contributed by atoms with Gasteiger partial charge in [0, 0.05) is 19.1 Å². The maximum absolute atomic E-state index is 10.7. The SMILES string of the molecule is CCCOc1cc2c(cc1OCC)C1CC(O)C(CC(C)C)CN1CC2. The van der Waals surface area contributed by atoms with Crippen LogP contribution in [-0.2, 0) is 6.42 Å². The molecule has 2 aliphatic rings. The molecule has 1 aromatic rings. The monoisotopic (exact) mass is 361 g/mol. The van der Waals surface area contributed by atoms with Crippen LogP contribution in [0.4, 0.5) is 0 Å². The van der Waals surface area contributed by atoms with Crippen molar-refractivity contribution in [2.45, 2.75) is 65.5 Å². The predicted octanol–water partition coefficient (Wildman–Crippen LogP) is 4.20. The van der Waals surface area contributed by atoms with E-state index in [-0.39, 0.29) is 6.10 Å². The summed E-state index contributed by atoms with van der Waals surface area (Å²) in [4.78, 5) is 2.57. The number of benzene rings is 1. The van der Waals surface area contributed by atoms with Crippen LogP contribution >= 0.6 is 0 Å². The molecular formula is C22H35NO3. The largest absolute Gasteiger partial charge is 0.490 e. The summed E-state index contributed by atoms with van der Waals surface area (Å²) in [5.74, 6) is 2.74. The highest BCUT2D eigenvalue weighted by atomic mass is 16.5. The Kier molecular flexibility index (Phi) is 6.46. The quantitative estimate of drug-likeness (QED) is 0.790. The minimum Gasteiger partial charge on any atom is -0.490 e. The first kappa shape index (κ1) is 19.5.